The van der Waals surface area contributed by atoms with Crippen LogP contribution in [0.1, 0.15) is 195 Å². The molecule has 10 bridgehead atoms. The van der Waals surface area contributed by atoms with Gasteiger partial charge in [-0.15, -0.1) is 87.5 Å². The summed E-state index contributed by atoms with van der Waals surface area (Å²) in [6, 6.07) is 8.57. The van der Waals surface area contributed by atoms with E-state index in [1.807, 2.05) is 47.7 Å². The number of aliphatic hydroxyl groups excluding tert-OH is 5. The molecule has 0 amide bonds. The van der Waals surface area contributed by atoms with Gasteiger partial charge in [-0.2, -0.15) is 0 Å². The van der Waals surface area contributed by atoms with Gasteiger partial charge in [0.05, 0.1) is 8.07 Å². The molecule has 0 spiro atoms. The van der Waals surface area contributed by atoms with Crippen LogP contribution in [0, 0.1) is 117 Å². The van der Waals surface area contributed by atoms with E-state index in [1.165, 1.54) is 5.19 Å². The molecule has 11 rings (SSSR count). The van der Waals surface area contributed by atoms with Crippen LogP contribution >= 0.6 is 55.4 Å². The van der Waals surface area contributed by atoms with Crippen LogP contribution in [0.3, 0.4) is 0 Å². The average molecular weight is 3180 g/mol. The SMILES string of the molecule is CC1(C[C-](O)C(F)(F)F)CC2CCC1C2.CC1(C[C-](O)C(F)(F)F)CC2CCC1C2.CC1(C[C-](O)C(F)(F)F)CC2CCC1C2.CC1(C[C-](O)C(F)(F)F)CC2CCC1C2.CC1(C[C-](O)C(F)(F)F)CC2CCC1C2.CN(C)[Si](C)(C)N(C)C.C[Si](C)(C)O[Si](C)(C)C.C[Si](C)(C)c1ccccc1.C[Si](C)(Cl)Cl.C[Si](Cl)(Cl)Cl.[Rf].[Rf].[Rf].[Rf].[Rf]. The monoisotopic (exact) mass is 3180 g/mol. The number of alkyl halides is 15. The van der Waals surface area contributed by atoms with Crippen LogP contribution in [0.15, 0.2) is 30.3 Å². The predicted molar refractivity (Wildman–Crippen MR) is 447 cm³/mol. The number of halogens is 20. The van der Waals surface area contributed by atoms with Gasteiger partial charge in [0.15, 0.2) is 25.0 Å². The zero-order chi connectivity index (χ0) is 88.3. The minimum Gasteiger partial charge on any atom is -0.554 e. The topological polar surface area (TPSA) is 117 Å². The Kier molecular flexibility index (Phi) is 45.7. The van der Waals surface area contributed by atoms with Crippen molar-refractivity contribution >= 4 is 106 Å². The second kappa shape index (κ2) is 45.0. The minimum atomic E-state index is -4.54. The van der Waals surface area contributed by atoms with Crippen LogP contribution in [0.5, 0.6) is 0 Å². The first-order valence-corrected chi connectivity index (χ1v) is 63.7. The van der Waals surface area contributed by atoms with Gasteiger partial charge in [0.25, 0.3) is 30.9 Å². The first-order chi connectivity index (χ1) is 50.3. The molecule has 0 saturated heterocycles. The number of hydrogen-bond donors (Lipinski definition) is 5. The number of aliphatic hydroxyl groups is 5. The van der Waals surface area contributed by atoms with Crippen LogP contribution in [-0.4, -0.2) is 140 Å². The van der Waals surface area contributed by atoms with Crippen molar-refractivity contribution in [3.05, 3.63) is 60.9 Å². The van der Waals surface area contributed by atoms with E-state index in [9.17, 15) is 65.9 Å². The Morgan fingerprint density at radius 2 is 0.508 bits per heavy atom. The van der Waals surface area contributed by atoms with E-state index in [0.29, 0.717) is 59.2 Å². The molecule has 10 aliphatic rings. The van der Waals surface area contributed by atoms with Crippen LogP contribution in [-0.2, 0) is 4.12 Å². The fourth-order valence-electron chi connectivity index (χ4n) is 19.4. The summed E-state index contributed by atoms with van der Waals surface area (Å²) >= 11 is 26.5. The molecule has 1 aromatic carbocycles. The molecule has 8 nitrogen and oxygen atoms in total. The molecule has 0 heterocycles. The standard InChI is InChI=1S/5C11H16F3O.C9H14Si.C6H18N2Si.C6H18OSi2.C2H6Cl2Si.CH3Cl3Si.5Rf/c5*1-10(6-9(15)11(12,13)14)5-7-2-3-8(10)4-7;1-10(2,3)9-7-5-4-6-8-9;1-7(2)9(5,6)8(3)4;1-8(2,3)7-9(4,5)6;2*1-5(2,3)4;;;;;/h5*7-8,15H,2-6H2,1H3;4-8H,1-3H3;2*1-6H3;1-2H3;1H3;;;;;/q5*-1;;;;;;;;;;. The van der Waals surface area contributed by atoms with Gasteiger partial charge in [-0.3, -0.25) is 0 Å². The Morgan fingerprint density at radius 3 is 0.585 bits per heavy atom. The zero-order valence-corrected chi connectivity index (χ0v) is 117. The number of fused-ring (bicyclic) bond motifs is 10. The summed E-state index contributed by atoms with van der Waals surface area (Å²) in [5.41, 5.74) is -1.58. The van der Waals surface area contributed by atoms with E-state index in [2.05, 4.69) is 140 Å². The molecule has 118 heavy (non-hydrogen) atoms. The second-order valence-corrected chi connectivity index (χ2v) is 78.2. The second-order valence-electron chi connectivity index (χ2n) is 40.1. The summed E-state index contributed by atoms with van der Waals surface area (Å²) in [5, 5.41) is 46.7. The van der Waals surface area contributed by atoms with E-state index < -0.39 is 107 Å². The summed E-state index contributed by atoms with van der Waals surface area (Å²) in [4.78, 5) is 0. The third-order valence-electron chi connectivity index (χ3n) is 25.3. The van der Waals surface area contributed by atoms with Crippen molar-refractivity contribution in [3.8, 4) is 0 Å². The Bertz CT molecular complexity index is 2630. The Hall–Kier alpha value is -4.40. The molecule has 680 valence electrons. The molecule has 0 aliphatic heterocycles. The van der Waals surface area contributed by atoms with Gasteiger partial charge < -0.3 is 38.8 Å². The van der Waals surface area contributed by atoms with Crippen LogP contribution in [0.2, 0.25) is 91.7 Å². The summed E-state index contributed by atoms with van der Waals surface area (Å²) in [6.45, 7) is 38.3. The molecule has 15 unspecified atom stereocenters. The first-order valence-electron chi connectivity index (χ1n) is 39.9. The zero-order valence-electron chi connectivity index (χ0n) is 75.0. The molecule has 1 aromatic rings. The molecule has 0 radical (unpaired) electrons. The van der Waals surface area contributed by atoms with Gasteiger partial charge in [-0.1, -0.05) is 179 Å². The molecule has 10 saturated carbocycles. The minimum absolute atomic E-state index is 0. The fourth-order valence-corrected chi connectivity index (χ4v) is 28.7. The van der Waals surface area contributed by atoms with E-state index in [1.54, 1.807) is 6.55 Å². The molecule has 10 fully saturated rings. The van der Waals surface area contributed by atoms with Gasteiger partial charge in [0, 0.05) is 0 Å². The largest absolute Gasteiger partial charge is 0.554 e. The normalized spacial score (nSPS) is 29.8. The van der Waals surface area contributed by atoms with E-state index in [-0.39, 0.29) is 59.2 Å². The predicted octanol–water partition coefficient (Wildman–Crippen LogP) is 28.5. The third kappa shape index (κ3) is 40.9. The van der Waals surface area contributed by atoms with Crippen molar-refractivity contribution in [3.63, 3.8) is 0 Å². The maximum absolute atomic E-state index is 12.2. The maximum Gasteiger partial charge on any atom is 0.338 e. The van der Waals surface area contributed by atoms with Gasteiger partial charge >= 0.3 is 6.00 Å². The quantitative estimate of drug-likeness (QED) is 0.0510. The van der Waals surface area contributed by atoms with Crippen molar-refractivity contribution in [1.82, 2.24) is 9.13 Å². The third-order valence-corrected chi connectivity index (χ3v) is 36.7. The van der Waals surface area contributed by atoms with E-state index >= 15 is 0 Å². The van der Waals surface area contributed by atoms with Gasteiger partial charge in [-0.25, -0.2) is 65.9 Å². The molecule has 5 N–H and O–H groups in total. The van der Waals surface area contributed by atoms with Gasteiger partial charge in [0.1, 0.15) is 0 Å². The van der Waals surface area contributed by atoms with Crippen LogP contribution < -0.4 is 5.19 Å². The summed E-state index contributed by atoms with van der Waals surface area (Å²) < 4.78 is 194. The van der Waals surface area contributed by atoms with Crippen molar-refractivity contribution in [2.75, 3.05) is 28.2 Å². The van der Waals surface area contributed by atoms with E-state index in [4.69, 9.17) is 85.0 Å². The molecular weight excluding hydrogens is 3040 g/mol. The molecule has 10 aliphatic carbocycles. The molecular formula is C79H139Cl5F15N2O6Rf5Si6-5. The fraction of sp³-hybridized carbons (Fsp3) is 0.861. The number of benzene rings is 1. The van der Waals surface area contributed by atoms with Gasteiger partial charge in [0.2, 0.25) is 6.69 Å². The Morgan fingerprint density at radius 1 is 0.347 bits per heavy atom. The first kappa shape index (κ1) is 120. The summed E-state index contributed by atoms with van der Waals surface area (Å²) in [5.74, 6) is 4.90. The Balaban J connectivity index is -0.000000620. The summed E-state index contributed by atoms with van der Waals surface area (Å²) in [7, 11) is 3.89. The molecule has 15 atom stereocenters. The smallest absolute Gasteiger partial charge is 0.338 e. The van der Waals surface area contributed by atoms with Crippen LogP contribution in [0.4, 0.5) is 65.9 Å². The summed E-state index contributed by atoms with van der Waals surface area (Å²) in [6.07, 6.45) is -9.66. The maximum atomic E-state index is 12.2. The van der Waals surface area contributed by atoms with Gasteiger partial charge in [-0.05, 0) is 256 Å². The van der Waals surface area contributed by atoms with Crippen LogP contribution in [0.25, 0.3) is 0 Å². The Labute approximate surface area is 699 Å². The molecule has 0 aromatic heterocycles. The number of hydrogen-bond acceptors (Lipinski definition) is 8. The van der Waals surface area contributed by atoms with Crippen molar-refractivity contribution in [2.45, 2.75) is 318 Å². The average Bonchev–Trinajstić information content (AvgIpc) is 1.65. The van der Waals surface area contributed by atoms with Crippen molar-refractivity contribution in [2.24, 2.45) is 86.3 Å². The van der Waals surface area contributed by atoms with E-state index in [0.717, 1.165) is 128 Å². The van der Waals surface area contributed by atoms with Crippen molar-refractivity contribution < 1.29 is 95.5 Å². The number of rotatable bonds is 15. The molecule has 39 heteroatoms. The van der Waals surface area contributed by atoms with Crippen molar-refractivity contribution in [1.29, 1.82) is 0 Å². The number of nitrogens with zero attached hydrogens (tertiary/aromatic N) is 2.